The zero-order valence-electron chi connectivity index (χ0n) is 10.3. The maximum atomic E-state index is 12.0. The Kier molecular flexibility index (Phi) is 3.79. The van der Waals surface area contributed by atoms with E-state index in [0.717, 1.165) is 31.2 Å². The minimum Gasteiger partial charge on any atom is -0.349 e. The summed E-state index contributed by atoms with van der Waals surface area (Å²) >= 11 is 0. The van der Waals surface area contributed by atoms with Gasteiger partial charge in [0.15, 0.2) is 0 Å². The molecule has 1 aliphatic carbocycles. The number of carbonyl (C=O) groups is 1. The maximum Gasteiger partial charge on any atom is 0.251 e. The topological polar surface area (TPSA) is 55.1 Å². The molecule has 2 rings (SSSR count). The third-order valence-electron chi connectivity index (χ3n) is 3.43. The van der Waals surface area contributed by atoms with Gasteiger partial charge in [0.25, 0.3) is 5.91 Å². The summed E-state index contributed by atoms with van der Waals surface area (Å²) in [5.74, 6) is 0.0201. The number of hydrogen-bond donors (Lipinski definition) is 2. The molecule has 0 aromatic heterocycles. The first-order chi connectivity index (χ1) is 8.19. The van der Waals surface area contributed by atoms with Crippen LogP contribution in [0.25, 0.3) is 0 Å². The van der Waals surface area contributed by atoms with Crippen molar-refractivity contribution in [3.63, 3.8) is 0 Å². The molecule has 0 bridgehead atoms. The second kappa shape index (κ2) is 5.32. The van der Waals surface area contributed by atoms with E-state index < -0.39 is 0 Å². The number of aryl methyl sites for hydroxylation is 1. The molecule has 2 atom stereocenters. The van der Waals surface area contributed by atoms with E-state index in [0.29, 0.717) is 0 Å². The van der Waals surface area contributed by atoms with Gasteiger partial charge < -0.3 is 11.1 Å². The highest BCUT2D eigenvalue weighted by molar-refractivity contribution is 5.94. The van der Waals surface area contributed by atoms with Crippen molar-refractivity contribution in [2.45, 2.75) is 44.7 Å². The van der Waals surface area contributed by atoms with Crippen molar-refractivity contribution in [3.8, 4) is 0 Å². The molecule has 3 N–H and O–H groups in total. The molecule has 1 aliphatic rings. The van der Waals surface area contributed by atoms with Crippen LogP contribution in [0.5, 0.6) is 0 Å². The second-order valence-electron chi connectivity index (χ2n) is 4.79. The number of carbonyl (C=O) groups excluding carboxylic acids is 1. The van der Waals surface area contributed by atoms with Crippen LogP contribution in [-0.2, 0) is 6.42 Å². The van der Waals surface area contributed by atoms with Crippen molar-refractivity contribution in [1.29, 1.82) is 0 Å². The molecule has 2 unspecified atom stereocenters. The van der Waals surface area contributed by atoms with E-state index in [2.05, 4.69) is 12.2 Å². The Morgan fingerprint density at radius 2 is 2.06 bits per heavy atom. The van der Waals surface area contributed by atoms with Gasteiger partial charge in [-0.1, -0.05) is 19.1 Å². The lowest BCUT2D eigenvalue weighted by Gasteiger charge is -2.12. The average molecular weight is 232 g/mol. The molecule has 0 radical (unpaired) electrons. The number of nitrogens with one attached hydrogen (secondary N) is 1. The minimum absolute atomic E-state index is 0.0201. The van der Waals surface area contributed by atoms with Crippen LogP contribution in [0.3, 0.4) is 0 Å². The normalized spacial score (nSPS) is 23.6. The number of nitrogens with two attached hydrogens (primary N) is 1. The molecule has 17 heavy (non-hydrogen) atoms. The predicted octanol–water partition coefficient (Wildman–Crippen LogP) is 1.86. The fourth-order valence-electron chi connectivity index (χ4n) is 2.31. The Morgan fingerprint density at radius 1 is 1.35 bits per heavy atom. The monoisotopic (exact) mass is 232 g/mol. The van der Waals surface area contributed by atoms with Gasteiger partial charge in [0, 0.05) is 17.6 Å². The van der Waals surface area contributed by atoms with E-state index in [9.17, 15) is 4.79 Å². The Bertz CT molecular complexity index is 386. The van der Waals surface area contributed by atoms with Gasteiger partial charge >= 0.3 is 0 Å². The standard InChI is InChI=1S/C14H20N2O/c1-2-10-3-5-11(6-4-10)14(17)16-13-8-7-12(15)9-13/h3-6,12-13H,2,7-9,15H2,1H3,(H,16,17). The van der Waals surface area contributed by atoms with Crippen molar-refractivity contribution in [3.05, 3.63) is 35.4 Å². The quantitative estimate of drug-likeness (QED) is 0.835. The number of rotatable bonds is 3. The highest BCUT2D eigenvalue weighted by Crippen LogP contribution is 2.17. The van der Waals surface area contributed by atoms with Crippen molar-refractivity contribution in [1.82, 2.24) is 5.32 Å². The molecule has 1 amide bonds. The third kappa shape index (κ3) is 3.07. The largest absolute Gasteiger partial charge is 0.349 e. The molecule has 92 valence electrons. The molecule has 3 nitrogen and oxygen atoms in total. The molecule has 0 aliphatic heterocycles. The number of hydrogen-bond acceptors (Lipinski definition) is 2. The van der Waals surface area contributed by atoms with Crippen molar-refractivity contribution >= 4 is 5.91 Å². The molecule has 0 saturated heterocycles. The van der Waals surface area contributed by atoms with Crippen LogP contribution in [0.4, 0.5) is 0 Å². The Balaban J connectivity index is 1.94. The van der Waals surface area contributed by atoms with E-state index in [4.69, 9.17) is 5.73 Å². The fourth-order valence-corrected chi connectivity index (χ4v) is 2.31. The first-order valence-electron chi connectivity index (χ1n) is 6.34. The summed E-state index contributed by atoms with van der Waals surface area (Å²) in [6, 6.07) is 8.31. The van der Waals surface area contributed by atoms with Crippen LogP contribution in [-0.4, -0.2) is 18.0 Å². The zero-order valence-corrected chi connectivity index (χ0v) is 10.3. The van der Waals surface area contributed by atoms with Crippen LogP contribution in [0.2, 0.25) is 0 Å². The lowest BCUT2D eigenvalue weighted by molar-refractivity contribution is 0.0937. The van der Waals surface area contributed by atoms with E-state index >= 15 is 0 Å². The minimum atomic E-state index is 0.0201. The number of benzene rings is 1. The van der Waals surface area contributed by atoms with E-state index in [1.165, 1.54) is 5.56 Å². The lowest BCUT2D eigenvalue weighted by Crippen LogP contribution is -2.34. The van der Waals surface area contributed by atoms with E-state index in [-0.39, 0.29) is 18.0 Å². The highest BCUT2D eigenvalue weighted by atomic mass is 16.1. The molecule has 1 aromatic carbocycles. The van der Waals surface area contributed by atoms with Crippen molar-refractivity contribution < 1.29 is 4.79 Å². The Labute approximate surface area is 102 Å². The summed E-state index contributed by atoms with van der Waals surface area (Å²) in [6.07, 6.45) is 3.91. The second-order valence-corrected chi connectivity index (χ2v) is 4.79. The summed E-state index contributed by atoms with van der Waals surface area (Å²) in [7, 11) is 0. The van der Waals surface area contributed by atoms with E-state index in [1.54, 1.807) is 0 Å². The van der Waals surface area contributed by atoms with Crippen LogP contribution < -0.4 is 11.1 Å². The van der Waals surface area contributed by atoms with Gasteiger partial charge in [-0.3, -0.25) is 4.79 Å². The molecule has 1 aromatic rings. The summed E-state index contributed by atoms with van der Waals surface area (Å²) < 4.78 is 0. The van der Waals surface area contributed by atoms with Gasteiger partial charge in [0.1, 0.15) is 0 Å². The Hall–Kier alpha value is -1.35. The van der Waals surface area contributed by atoms with Gasteiger partial charge in [-0.25, -0.2) is 0 Å². The van der Waals surface area contributed by atoms with Gasteiger partial charge in [-0.05, 0) is 43.4 Å². The van der Waals surface area contributed by atoms with Crippen LogP contribution in [0.15, 0.2) is 24.3 Å². The molecule has 1 fully saturated rings. The fraction of sp³-hybridized carbons (Fsp3) is 0.500. The number of amides is 1. The lowest BCUT2D eigenvalue weighted by atomic mass is 10.1. The summed E-state index contributed by atoms with van der Waals surface area (Å²) in [6.45, 7) is 2.11. The zero-order chi connectivity index (χ0) is 12.3. The molecular weight excluding hydrogens is 212 g/mol. The molecule has 0 spiro atoms. The van der Waals surface area contributed by atoms with Crippen LogP contribution in [0, 0.1) is 0 Å². The van der Waals surface area contributed by atoms with Gasteiger partial charge in [-0.15, -0.1) is 0 Å². The smallest absolute Gasteiger partial charge is 0.251 e. The summed E-state index contributed by atoms with van der Waals surface area (Å²) in [5, 5.41) is 3.04. The first kappa shape index (κ1) is 12.1. The molecule has 3 heteroatoms. The molecular formula is C14H20N2O. The predicted molar refractivity (Wildman–Crippen MR) is 68.9 cm³/mol. The van der Waals surface area contributed by atoms with Gasteiger partial charge in [-0.2, -0.15) is 0 Å². The van der Waals surface area contributed by atoms with E-state index in [1.807, 2.05) is 24.3 Å². The first-order valence-corrected chi connectivity index (χ1v) is 6.34. The SMILES string of the molecule is CCc1ccc(C(=O)NC2CCC(N)C2)cc1. The average Bonchev–Trinajstić information content (AvgIpc) is 2.75. The van der Waals surface area contributed by atoms with Gasteiger partial charge in [0.05, 0.1) is 0 Å². The molecule has 1 saturated carbocycles. The third-order valence-corrected chi connectivity index (χ3v) is 3.43. The summed E-state index contributed by atoms with van der Waals surface area (Å²) in [5.41, 5.74) is 7.82. The van der Waals surface area contributed by atoms with Crippen molar-refractivity contribution in [2.24, 2.45) is 5.73 Å². The molecule has 0 heterocycles. The van der Waals surface area contributed by atoms with Crippen molar-refractivity contribution in [2.75, 3.05) is 0 Å². The highest BCUT2D eigenvalue weighted by Gasteiger charge is 2.23. The van der Waals surface area contributed by atoms with Crippen LogP contribution >= 0.6 is 0 Å². The maximum absolute atomic E-state index is 12.0. The Morgan fingerprint density at radius 3 is 2.59 bits per heavy atom. The van der Waals surface area contributed by atoms with Gasteiger partial charge in [0.2, 0.25) is 0 Å². The summed E-state index contributed by atoms with van der Waals surface area (Å²) in [4.78, 5) is 12.0. The van der Waals surface area contributed by atoms with Crippen LogP contribution in [0.1, 0.15) is 42.1 Å².